The maximum absolute atomic E-state index is 13.0. The van der Waals surface area contributed by atoms with Crippen LogP contribution < -0.4 is 10.6 Å². The molecule has 2 heterocycles. The molecule has 0 bridgehead atoms. The third kappa shape index (κ3) is 4.03. The zero-order valence-corrected chi connectivity index (χ0v) is 16.5. The van der Waals surface area contributed by atoms with E-state index < -0.39 is 29.7 Å². The lowest BCUT2D eigenvalue weighted by Crippen LogP contribution is -2.54. The number of benzene rings is 1. The van der Waals surface area contributed by atoms with Crippen LogP contribution in [0.4, 0.5) is 5.69 Å². The summed E-state index contributed by atoms with van der Waals surface area (Å²) in [6, 6.07) is 4.00. The standard InChI is InChI=1S/C22H23N3O4/c1-4-14(9-8-13(2)3)12-23-16-7-5-6-15-19(16)22(29)25(21(15)28)17-10-11-18(26)24-20(17)27/h4-9,17,23H,1,10-12H2,2-3H3,(H,24,26,27)/b14-9+. The molecule has 2 N–H and O–H groups in total. The maximum atomic E-state index is 13.0. The van der Waals surface area contributed by atoms with E-state index in [-0.39, 0.29) is 24.0 Å². The van der Waals surface area contributed by atoms with Gasteiger partial charge in [-0.3, -0.25) is 29.4 Å². The Balaban J connectivity index is 1.86. The number of rotatable bonds is 6. The lowest BCUT2D eigenvalue weighted by molar-refractivity contribution is -0.136. The lowest BCUT2D eigenvalue weighted by Gasteiger charge is -2.27. The molecule has 0 saturated carbocycles. The van der Waals surface area contributed by atoms with E-state index in [9.17, 15) is 19.2 Å². The summed E-state index contributed by atoms with van der Waals surface area (Å²) in [6.07, 6.45) is 5.84. The monoisotopic (exact) mass is 393 g/mol. The highest BCUT2D eigenvalue weighted by Crippen LogP contribution is 2.32. The van der Waals surface area contributed by atoms with Gasteiger partial charge in [-0.15, -0.1) is 0 Å². The summed E-state index contributed by atoms with van der Waals surface area (Å²) in [5.41, 5.74) is 3.07. The Hall–Kier alpha value is -3.48. The first-order valence-corrected chi connectivity index (χ1v) is 9.38. The normalized spacial score (nSPS) is 19.0. The summed E-state index contributed by atoms with van der Waals surface area (Å²) in [7, 11) is 0. The number of anilines is 1. The van der Waals surface area contributed by atoms with E-state index in [1.807, 2.05) is 26.0 Å². The molecular formula is C22H23N3O4. The van der Waals surface area contributed by atoms with Crippen LogP contribution in [0, 0.1) is 0 Å². The third-order valence-corrected chi connectivity index (χ3v) is 4.84. The number of hydrogen-bond donors (Lipinski definition) is 2. The molecule has 29 heavy (non-hydrogen) atoms. The highest BCUT2D eigenvalue weighted by molar-refractivity contribution is 6.25. The molecule has 7 heteroatoms. The Bertz CT molecular complexity index is 970. The molecule has 4 amide bonds. The van der Waals surface area contributed by atoms with Crippen molar-refractivity contribution in [3.63, 3.8) is 0 Å². The zero-order valence-electron chi connectivity index (χ0n) is 16.5. The van der Waals surface area contributed by atoms with Crippen LogP contribution in [-0.2, 0) is 9.59 Å². The fourth-order valence-corrected chi connectivity index (χ4v) is 3.33. The molecule has 0 spiro atoms. The molecule has 2 aliphatic heterocycles. The molecule has 1 unspecified atom stereocenters. The van der Waals surface area contributed by atoms with Crippen LogP contribution in [0.3, 0.4) is 0 Å². The topological polar surface area (TPSA) is 95.6 Å². The number of fused-ring (bicyclic) bond motifs is 1. The van der Waals surface area contributed by atoms with E-state index in [1.165, 1.54) is 0 Å². The number of piperidine rings is 1. The van der Waals surface area contributed by atoms with Gasteiger partial charge in [-0.05, 0) is 38.0 Å². The number of amides is 4. The number of nitrogens with zero attached hydrogens (tertiary/aromatic N) is 1. The van der Waals surface area contributed by atoms with Gasteiger partial charge in [0.05, 0.1) is 11.1 Å². The van der Waals surface area contributed by atoms with Gasteiger partial charge in [-0.25, -0.2) is 0 Å². The summed E-state index contributed by atoms with van der Waals surface area (Å²) in [6.45, 7) is 8.20. The molecule has 3 rings (SSSR count). The van der Waals surface area contributed by atoms with Gasteiger partial charge >= 0.3 is 0 Å². The van der Waals surface area contributed by atoms with Crippen molar-refractivity contribution in [3.8, 4) is 0 Å². The summed E-state index contributed by atoms with van der Waals surface area (Å²) >= 11 is 0. The largest absolute Gasteiger partial charge is 0.380 e. The number of imide groups is 2. The van der Waals surface area contributed by atoms with Crippen LogP contribution in [0.1, 0.15) is 47.4 Å². The molecule has 1 aromatic carbocycles. The predicted molar refractivity (Wildman–Crippen MR) is 109 cm³/mol. The maximum Gasteiger partial charge on any atom is 0.264 e. The van der Waals surface area contributed by atoms with Crippen molar-refractivity contribution in [2.75, 3.05) is 11.9 Å². The minimum Gasteiger partial charge on any atom is -0.380 e. The summed E-state index contributed by atoms with van der Waals surface area (Å²) < 4.78 is 0. The number of allylic oxidation sites excluding steroid dienone is 3. The van der Waals surface area contributed by atoms with Crippen LogP contribution in [0.5, 0.6) is 0 Å². The lowest BCUT2D eigenvalue weighted by atomic mass is 10.0. The second-order valence-electron chi connectivity index (χ2n) is 7.22. The minimum atomic E-state index is -0.978. The van der Waals surface area contributed by atoms with Crippen molar-refractivity contribution < 1.29 is 19.2 Å². The van der Waals surface area contributed by atoms with Gasteiger partial charge in [0.2, 0.25) is 11.8 Å². The molecule has 7 nitrogen and oxygen atoms in total. The van der Waals surface area contributed by atoms with Crippen LogP contribution in [0.15, 0.2) is 54.2 Å². The summed E-state index contributed by atoms with van der Waals surface area (Å²) in [5.74, 6) is -2.07. The Kier molecular flexibility index (Phi) is 5.77. The van der Waals surface area contributed by atoms with Crippen LogP contribution in [-0.4, -0.2) is 41.1 Å². The summed E-state index contributed by atoms with van der Waals surface area (Å²) in [4.78, 5) is 50.4. The molecular weight excluding hydrogens is 370 g/mol. The SMILES string of the molecule is C=C/C(=C\C=C(C)C)CNc1cccc2c1C(=O)N(C1CCC(=O)NC1=O)C2=O. The predicted octanol–water partition coefficient (Wildman–Crippen LogP) is 2.58. The number of carbonyl (C=O) groups excluding carboxylic acids is 4. The van der Waals surface area contributed by atoms with Gasteiger partial charge in [0.15, 0.2) is 0 Å². The van der Waals surface area contributed by atoms with Crippen LogP contribution >= 0.6 is 0 Å². The first-order chi connectivity index (χ1) is 13.8. The molecule has 1 atom stereocenters. The van der Waals surface area contributed by atoms with Crippen molar-refractivity contribution in [1.29, 1.82) is 0 Å². The fourth-order valence-electron chi connectivity index (χ4n) is 3.33. The average Bonchev–Trinajstić information content (AvgIpc) is 2.93. The van der Waals surface area contributed by atoms with E-state index in [1.54, 1.807) is 24.3 Å². The minimum absolute atomic E-state index is 0.0901. The van der Waals surface area contributed by atoms with E-state index >= 15 is 0 Å². The molecule has 150 valence electrons. The first kappa shape index (κ1) is 20.3. The highest BCUT2D eigenvalue weighted by Gasteiger charge is 2.45. The Labute approximate surface area is 169 Å². The van der Waals surface area contributed by atoms with E-state index in [0.29, 0.717) is 12.2 Å². The molecule has 0 radical (unpaired) electrons. The summed E-state index contributed by atoms with van der Waals surface area (Å²) in [5, 5.41) is 5.39. The van der Waals surface area contributed by atoms with Crippen molar-refractivity contribution in [3.05, 3.63) is 65.3 Å². The smallest absolute Gasteiger partial charge is 0.264 e. The van der Waals surface area contributed by atoms with Crippen molar-refractivity contribution in [2.24, 2.45) is 0 Å². The third-order valence-electron chi connectivity index (χ3n) is 4.84. The molecule has 0 aromatic heterocycles. The van der Waals surface area contributed by atoms with Gasteiger partial charge in [0, 0.05) is 18.7 Å². The molecule has 1 aromatic rings. The highest BCUT2D eigenvalue weighted by atomic mass is 16.2. The number of hydrogen-bond acceptors (Lipinski definition) is 5. The second kappa shape index (κ2) is 8.26. The van der Waals surface area contributed by atoms with E-state index in [4.69, 9.17) is 0 Å². The number of carbonyl (C=O) groups is 4. The van der Waals surface area contributed by atoms with E-state index in [2.05, 4.69) is 17.2 Å². The number of nitrogens with one attached hydrogen (secondary N) is 2. The van der Waals surface area contributed by atoms with Crippen molar-refractivity contribution >= 4 is 29.3 Å². The Morgan fingerprint density at radius 2 is 1.97 bits per heavy atom. The van der Waals surface area contributed by atoms with Crippen LogP contribution in [0.2, 0.25) is 0 Å². The van der Waals surface area contributed by atoms with Crippen molar-refractivity contribution in [1.82, 2.24) is 10.2 Å². The van der Waals surface area contributed by atoms with Gasteiger partial charge in [0.25, 0.3) is 11.8 Å². The average molecular weight is 393 g/mol. The van der Waals surface area contributed by atoms with Crippen LogP contribution in [0.25, 0.3) is 0 Å². The second-order valence-corrected chi connectivity index (χ2v) is 7.22. The molecule has 0 aliphatic carbocycles. The molecule has 1 fully saturated rings. The van der Waals surface area contributed by atoms with Crippen molar-refractivity contribution in [2.45, 2.75) is 32.7 Å². The Morgan fingerprint density at radius 3 is 2.62 bits per heavy atom. The van der Waals surface area contributed by atoms with Gasteiger partial charge in [-0.1, -0.05) is 36.4 Å². The quantitative estimate of drug-likeness (QED) is 0.572. The van der Waals surface area contributed by atoms with E-state index in [0.717, 1.165) is 16.0 Å². The van der Waals surface area contributed by atoms with Gasteiger partial charge in [-0.2, -0.15) is 0 Å². The van der Waals surface area contributed by atoms with Gasteiger partial charge in [0.1, 0.15) is 6.04 Å². The first-order valence-electron chi connectivity index (χ1n) is 9.38. The molecule has 1 saturated heterocycles. The molecule has 2 aliphatic rings. The zero-order chi connectivity index (χ0) is 21.1. The fraction of sp³-hybridized carbons (Fsp3) is 0.273. The Morgan fingerprint density at radius 1 is 1.21 bits per heavy atom. The van der Waals surface area contributed by atoms with Gasteiger partial charge < -0.3 is 5.32 Å².